The Morgan fingerprint density at radius 3 is 2.55 bits per heavy atom. The maximum atomic E-state index is 12.9. The predicted molar refractivity (Wildman–Crippen MR) is 113 cm³/mol. The number of benzene rings is 2. The van der Waals surface area contributed by atoms with Crippen LogP contribution in [-0.2, 0) is 24.4 Å². The largest absolute Gasteiger partial charge is 0.451 e. The molecule has 1 aliphatic heterocycles. The van der Waals surface area contributed by atoms with E-state index in [1.165, 1.54) is 43.5 Å². The zero-order valence-corrected chi connectivity index (χ0v) is 17.0. The van der Waals surface area contributed by atoms with E-state index < -0.39 is 0 Å². The Bertz CT molecular complexity index is 973. The number of carbonyl (C=O) groups excluding carboxylic acids is 1. The molecule has 4 rings (SSSR count). The van der Waals surface area contributed by atoms with E-state index in [1.54, 1.807) is 12.0 Å². The van der Waals surface area contributed by atoms with Gasteiger partial charge in [-0.2, -0.15) is 0 Å². The number of hydrogen-bond donors (Lipinski definition) is 2. The van der Waals surface area contributed by atoms with Crippen molar-refractivity contribution in [2.75, 3.05) is 20.2 Å². The van der Waals surface area contributed by atoms with Gasteiger partial charge in [-0.25, -0.2) is 0 Å². The quantitative estimate of drug-likeness (QED) is 0.649. The first-order chi connectivity index (χ1) is 14.3. The first kappa shape index (κ1) is 19.7. The molecule has 2 N–H and O–H groups in total. The second-order valence-electron chi connectivity index (χ2n) is 7.78. The van der Waals surface area contributed by atoms with Crippen LogP contribution in [0.4, 0.5) is 0 Å². The van der Waals surface area contributed by atoms with Gasteiger partial charge in [-0.1, -0.05) is 42.5 Å². The summed E-state index contributed by atoms with van der Waals surface area (Å²) in [5, 5.41) is 3.98. The molecule has 0 unspecified atom stereocenters. The Balaban J connectivity index is 1.49. The molecule has 2 aromatic carbocycles. The number of piperidine rings is 1. The molecule has 0 spiro atoms. The van der Waals surface area contributed by atoms with Crippen molar-refractivity contribution in [3.05, 3.63) is 71.0 Å². The topological polar surface area (TPSA) is 55.9 Å². The number of furan rings is 1. The fourth-order valence-electron chi connectivity index (χ4n) is 4.23. The second kappa shape index (κ2) is 9.25. The molecule has 2 heterocycles. The maximum absolute atomic E-state index is 12.9. The molecule has 1 saturated heterocycles. The first-order valence-electron chi connectivity index (χ1n) is 10.4. The van der Waals surface area contributed by atoms with Crippen molar-refractivity contribution in [2.45, 2.75) is 39.0 Å². The van der Waals surface area contributed by atoms with E-state index in [9.17, 15) is 4.79 Å². The number of fused-ring (bicyclic) bond motifs is 1. The lowest BCUT2D eigenvalue weighted by Gasteiger charge is -2.24. The highest BCUT2D eigenvalue weighted by molar-refractivity contribution is 5.99. The van der Waals surface area contributed by atoms with E-state index >= 15 is 0 Å². The highest BCUT2D eigenvalue weighted by Gasteiger charge is 2.21. The van der Waals surface area contributed by atoms with Gasteiger partial charge in [-0.05, 0) is 30.9 Å². The summed E-state index contributed by atoms with van der Waals surface area (Å²) in [4.78, 5) is 14.6. The van der Waals surface area contributed by atoms with Crippen molar-refractivity contribution in [3.63, 3.8) is 0 Å². The van der Waals surface area contributed by atoms with Gasteiger partial charge in [0.2, 0.25) is 0 Å². The van der Waals surface area contributed by atoms with Crippen LogP contribution in [-0.4, -0.2) is 26.1 Å². The van der Waals surface area contributed by atoms with E-state index in [0.717, 1.165) is 17.5 Å². The van der Waals surface area contributed by atoms with Crippen LogP contribution >= 0.6 is 0 Å². The van der Waals surface area contributed by atoms with Gasteiger partial charge >= 0.3 is 0 Å². The van der Waals surface area contributed by atoms with E-state index in [0.29, 0.717) is 24.5 Å². The number of likely N-dealkylation sites (tertiary alicyclic amines) is 1. The molecule has 0 aliphatic carbocycles. The van der Waals surface area contributed by atoms with Gasteiger partial charge in [0.05, 0.1) is 19.7 Å². The molecule has 5 heteroatoms. The van der Waals surface area contributed by atoms with Crippen LogP contribution < -0.4 is 10.2 Å². The van der Waals surface area contributed by atoms with Crippen molar-refractivity contribution in [1.29, 1.82) is 0 Å². The van der Waals surface area contributed by atoms with Gasteiger partial charge in [0, 0.05) is 30.2 Å². The monoisotopic (exact) mass is 393 g/mol. The molecule has 0 bridgehead atoms. The standard InChI is InChI=1S/C24H28N2O3/c1-28-17-21-20-11-5-6-12-22(20)29-23(21)24(27)25-15-18-9-3-4-10-19(18)16-26-13-7-2-8-14-26/h3-6,9-12H,2,7-8,13-17H2,1H3,(H,25,27)/p+1. The van der Waals surface area contributed by atoms with Crippen molar-refractivity contribution in [2.24, 2.45) is 0 Å². The number of hydrogen-bond acceptors (Lipinski definition) is 3. The molecular weight excluding hydrogens is 364 g/mol. The highest BCUT2D eigenvalue weighted by Crippen LogP contribution is 2.26. The van der Waals surface area contributed by atoms with Crippen LogP contribution in [0, 0.1) is 0 Å². The fraction of sp³-hybridized carbons (Fsp3) is 0.375. The smallest absolute Gasteiger partial charge is 0.287 e. The highest BCUT2D eigenvalue weighted by atomic mass is 16.5. The first-order valence-corrected chi connectivity index (χ1v) is 10.4. The minimum atomic E-state index is -0.201. The number of methoxy groups -OCH3 is 1. The average molecular weight is 394 g/mol. The molecule has 29 heavy (non-hydrogen) atoms. The zero-order chi connectivity index (χ0) is 20.1. The van der Waals surface area contributed by atoms with Crippen LogP contribution in [0.5, 0.6) is 0 Å². The number of carbonyl (C=O) groups is 1. The van der Waals surface area contributed by atoms with Crippen molar-refractivity contribution < 1.29 is 18.8 Å². The van der Waals surface area contributed by atoms with Crippen molar-refractivity contribution >= 4 is 16.9 Å². The summed E-state index contributed by atoms with van der Waals surface area (Å²) >= 11 is 0. The third kappa shape index (κ3) is 4.52. The van der Waals surface area contributed by atoms with Crippen LogP contribution in [0.25, 0.3) is 11.0 Å². The van der Waals surface area contributed by atoms with Crippen LogP contribution in [0.3, 0.4) is 0 Å². The maximum Gasteiger partial charge on any atom is 0.287 e. The van der Waals surface area contributed by atoms with E-state index in [1.807, 2.05) is 30.3 Å². The summed E-state index contributed by atoms with van der Waals surface area (Å²) in [5.74, 6) is 0.139. The molecule has 1 aliphatic rings. The Morgan fingerprint density at radius 1 is 1.03 bits per heavy atom. The number of nitrogens with one attached hydrogen (secondary N) is 2. The molecule has 1 aromatic heterocycles. The van der Waals surface area contributed by atoms with Crippen molar-refractivity contribution in [3.8, 4) is 0 Å². The zero-order valence-electron chi connectivity index (χ0n) is 17.0. The Labute approximate surface area is 171 Å². The van der Waals surface area contributed by atoms with Gasteiger partial charge in [0.15, 0.2) is 5.76 Å². The van der Waals surface area contributed by atoms with Crippen LogP contribution in [0.15, 0.2) is 52.9 Å². The summed E-state index contributed by atoms with van der Waals surface area (Å²) in [5.41, 5.74) is 3.99. The van der Waals surface area contributed by atoms with Gasteiger partial charge < -0.3 is 19.4 Å². The van der Waals surface area contributed by atoms with E-state index in [-0.39, 0.29) is 5.91 Å². The van der Waals surface area contributed by atoms with Gasteiger partial charge in [0.1, 0.15) is 12.1 Å². The van der Waals surface area contributed by atoms with Gasteiger partial charge in [0.25, 0.3) is 5.91 Å². The van der Waals surface area contributed by atoms with E-state index in [2.05, 4.69) is 23.5 Å². The predicted octanol–water partition coefficient (Wildman–Crippen LogP) is 3.08. The lowest BCUT2D eigenvalue weighted by Crippen LogP contribution is -3.11. The number of ether oxygens (including phenoxy) is 1. The molecule has 152 valence electrons. The number of rotatable bonds is 7. The molecular formula is C24H29N2O3+. The van der Waals surface area contributed by atoms with Crippen LogP contribution in [0.2, 0.25) is 0 Å². The summed E-state index contributed by atoms with van der Waals surface area (Å²) in [6.45, 7) is 4.33. The summed E-state index contributed by atoms with van der Waals surface area (Å²) in [6, 6.07) is 16.1. The van der Waals surface area contributed by atoms with Crippen LogP contribution in [0.1, 0.15) is 46.5 Å². The number of amides is 1. The molecule has 0 radical (unpaired) electrons. The molecule has 3 aromatic rings. The molecule has 0 atom stereocenters. The van der Waals surface area contributed by atoms with Crippen molar-refractivity contribution in [1.82, 2.24) is 5.32 Å². The third-order valence-corrected chi connectivity index (χ3v) is 5.75. The lowest BCUT2D eigenvalue weighted by molar-refractivity contribution is -0.918. The fourth-order valence-corrected chi connectivity index (χ4v) is 4.23. The lowest BCUT2D eigenvalue weighted by atomic mass is 10.0. The molecule has 1 amide bonds. The second-order valence-corrected chi connectivity index (χ2v) is 7.78. The van der Waals surface area contributed by atoms with Gasteiger partial charge in [-0.15, -0.1) is 0 Å². The normalized spacial score (nSPS) is 14.9. The molecule has 1 fully saturated rings. The average Bonchev–Trinajstić information content (AvgIpc) is 3.13. The summed E-state index contributed by atoms with van der Waals surface area (Å²) in [7, 11) is 1.63. The van der Waals surface area contributed by atoms with E-state index in [4.69, 9.17) is 9.15 Å². The van der Waals surface area contributed by atoms with Gasteiger partial charge in [-0.3, -0.25) is 4.79 Å². The minimum Gasteiger partial charge on any atom is -0.451 e. The number of quaternary nitrogens is 1. The summed E-state index contributed by atoms with van der Waals surface area (Å²) < 4.78 is 11.2. The summed E-state index contributed by atoms with van der Waals surface area (Å²) in [6.07, 6.45) is 3.97. The minimum absolute atomic E-state index is 0.201. The SMILES string of the molecule is COCc1c(C(=O)NCc2ccccc2C[NH+]2CCCCC2)oc2ccccc12. The Hall–Kier alpha value is -2.63. The third-order valence-electron chi connectivity index (χ3n) is 5.75. The molecule has 0 saturated carbocycles. The molecule has 5 nitrogen and oxygen atoms in total. The Morgan fingerprint density at radius 2 is 1.76 bits per heavy atom. The Kier molecular flexibility index (Phi) is 6.27. The number of para-hydroxylation sites is 1.